The van der Waals surface area contributed by atoms with Crippen molar-refractivity contribution in [3.63, 3.8) is 0 Å². The number of nitrogens with zero attached hydrogens (tertiary/aromatic N) is 1. The molecule has 1 saturated carbocycles. The monoisotopic (exact) mass is 364 g/mol. The van der Waals surface area contributed by atoms with Gasteiger partial charge >= 0.3 is 6.18 Å². The molecule has 0 aromatic heterocycles. The van der Waals surface area contributed by atoms with Crippen molar-refractivity contribution in [2.75, 3.05) is 18.0 Å². The van der Waals surface area contributed by atoms with Crippen LogP contribution in [0.2, 0.25) is 0 Å². The zero-order valence-electron chi connectivity index (χ0n) is 12.0. The van der Waals surface area contributed by atoms with Gasteiger partial charge in [-0.2, -0.15) is 13.2 Å². The summed E-state index contributed by atoms with van der Waals surface area (Å²) in [6, 6.07) is 5.59. The fraction of sp³-hybridized carbons (Fsp3) is 0.600. The zero-order valence-corrected chi connectivity index (χ0v) is 13.6. The Morgan fingerprint density at radius 2 is 2.05 bits per heavy atom. The molecule has 0 bridgehead atoms. The Hall–Kier alpha value is -0.750. The van der Waals surface area contributed by atoms with Gasteiger partial charge in [0.25, 0.3) is 0 Å². The molecule has 0 spiro atoms. The lowest BCUT2D eigenvalue weighted by atomic mass is 10.1. The molecule has 2 nitrogen and oxygen atoms in total. The predicted octanol–water partition coefficient (Wildman–Crippen LogP) is 4.48. The van der Waals surface area contributed by atoms with Gasteiger partial charge in [0.2, 0.25) is 0 Å². The summed E-state index contributed by atoms with van der Waals surface area (Å²) in [4.78, 5) is 1.51. The number of benzene rings is 1. The van der Waals surface area contributed by atoms with Gasteiger partial charge in [0, 0.05) is 22.7 Å². The summed E-state index contributed by atoms with van der Waals surface area (Å²) in [5, 5.41) is 3.27. The Balaban J connectivity index is 2.22. The maximum absolute atomic E-state index is 12.8. The largest absolute Gasteiger partial charge is 0.405 e. The van der Waals surface area contributed by atoms with Gasteiger partial charge in [-0.25, -0.2) is 0 Å². The van der Waals surface area contributed by atoms with Crippen molar-refractivity contribution in [1.82, 2.24) is 5.32 Å². The molecular formula is C15H20BrF3N2. The molecule has 1 N–H and O–H groups in total. The highest BCUT2D eigenvalue weighted by Crippen LogP contribution is 2.37. The summed E-state index contributed by atoms with van der Waals surface area (Å²) in [6.45, 7) is 2.64. The van der Waals surface area contributed by atoms with Crippen LogP contribution in [0.4, 0.5) is 18.9 Å². The molecule has 1 aliphatic carbocycles. The zero-order chi connectivity index (χ0) is 15.5. The molecule has 0 saturated heterocycles. The maximum atomic E-state index is 12.8. The molecule has 1 fully saturated rings. The molecule has 0 atom stereocenters. The van der Waals surface area contributed by atoms with Gasteiger partial charge in [0.1, 0.15) is 6.54 Å². The summed E-state index contributed by atoms with van der Waals surface area (Å²) >= 11 is 3.37. The van der Waals surface area contributed by atoms with Crippen LogP contribution in [-0.2, 0) is 6.54 Å². The van der Waals surface area contributed by atoms with Crippen LogP contribution in [0.3, 0.4) is 0 Å². The first kappa shape index (κ1) is 16.6. The topological polar surface area (TPSA) is 15.3 Å². The van der Waals surface area contributed by atoms with E-state index in [1.165, 1.54) is 4.90 Å². The van der Waals surface area contributed by atoms with E-state index in [1.54, 1.807) is 6.07 Å². The number of rotatable bonds is 7. The lowest BCUT2D eigenvalue weighted by Crippen LogP contribution is -2.37. The van der Waals surface area contributed by atoms with Crippen LogP contribution in [0.5, 0.6) is 0 Å². The van der Waals surface area contributed by atoms with E-state index in [0.717, 1.165) is 35.8 Å². The Morgan fingerprint density at radius 3 is 2.62 bits per heavy atom. The second-order valence-corrected chi connectivity index (χ2v) is 6.34. The van der Waals surface area contributed by atoms with Gasteiger partial charge in [-0.3, -0.25) is 0 Å². The minimum absolute atomic E-state index is 0.0193. The van der Waals surface area contributed by atoms with Gasteiger partial charge in [-0.1, -0.05) is 28.9 Å². The van der Waals surface area contributed by atoms with Crippen molar-refractivity contribution in [1.29, 1.82) is 0 Å². The highest BCUT2D eigenvalue weighted by molar-refractivity contribution is 9.10. The van der Waals surface area contributed by atoms with Crippen molar-refractivity contribution in [2.24, 2.45) is 0 Å². The molecule has 0 radical (unpaired) electrons. The second-order valence-electron chi connectivity index (χ2n) is 5.42. The number of anilines is 1. The normalized spacial score (nSPS) is 15.3. The van der Waals surface area contributed by atoms with Crippen molar-refractivity contribution in [2.45, 2.75) is 44.9 Å². The number of hydrogen-bond acceptors (Lipinski definition) is 2. The van der Waals surface area contributed by atoms with Crippen molar-refractivity contribution in [3.8, 4) is 0 Å². The summed E-state index contributed by atoms with van der Waals surface area (Å²) < 4.78 is 39.4. The average Bonchev–Trinajstić information content (AvgIpc) is 3.21. The number of halogens is 4. The first-order valence-corrected chi connectivity index (χ1v) is 8.02. The quantitative estimate of drug-likeness (QED) is 0.717. The van der Waals surface area contributed by atoms with Crippen LogP contribution < -0.4 is 10.2 Å². The Kier molecular flexibility index (Phi) is 5.54. The summed E-state index contributed by atoms with van der Waals surface area (Å²) in [7, 11) is 0. The smallest absolute Gasteiger partial charge is 0.359 e. The molecule has 0 unspecified atom stereocenters. The van der Waals surface area contributed by atoms with E-state index in [9.17, 15) is 13.2 Å². The van der Waals surface area contributed by atoms with Gasteiger partial charge in [0.05, 0.1) is 0 Å². The van der Waals surface area contributed by atoms with E-state index >= 15 is 0 Å². The van der Waals surface area contributed by atoms with E-state index in [1.807, 2.05) is 12.1 Å². The summed E-state index contributed by atoms with van der Waals surface area (Å²) in [6.07, 6.45) is -1.51. The molecule has 0 amide bonds. The molecule has 2 rings (SSSR count). The molecular weight excluding hydrogens is 345 g/mol. The molecule has 0 heterocycles. The third kappa shape index (κ3) is 5.18. The molecule has 118 valence electrons. The van der Waals surface area contributed by atoms with Crippen molar-refractivity contribution < 1.29 is 13.2 Å². The molecule has 6 heteroatoms. The molecule has 1 aromatic rings. The second kappa shape index (κ2) is 7.01. The lowest BCUT2D eigenvalue weighted by molar-refractivity contribution is -0.120. The van der Waals surface area contributed by atoms with Crippen LogP contribution in [0.15, 0.2) is 22.7 Å². The molecule has 0 aliphatic heterocycles. The predicted molar refractivity (Wildman–Crippen MR) is 82.6 cm³/mol. The summed E-state index contributed by atoms with van der Waals surface area (Å²) in [5.74, 6) is 0. The van der Waals surface area contributed by atoms with Crippen molar-refractivity contribution >= 4 is 21.6 Å². The minimum Gasteiger partial charge on any atom is -0.359 e. The van der Waals surface area contributed by atoms with Gasteiger partial charge < -0.3 is 10.2 Å². The Morgan fingerprint density at radius 1 is 1.33 bits per heavy atom. The van der Waals surface area contributed by atoms with Crippen LogP contribution in [0.25, 0.3) is 0 Å². The fourth-order valence-corrected chi connectivity index (χ4v) is 2.69. The van der Waals surface area contributed by atoms with Crippen LogP contribution in [-0.4, -0.2) is 25.3 Å². The van der Waals surface area contributed by atoms with Crippen molar-refractivity contribution in [3.05, 3.63) is 28.2 Å². The average molecular weight is 365 g/mol. The molecule has 21 heavy (non-hydrogen) atoms. The first-order chi connectivity index (χ1) is 9.90. The summed E-state index contributed by atoms with van der Waals surface area (Å²) in [5.41, 5.74) is 1.61. The highest BCUT2D eigenvalue weighted by Gasteiger charge is 2.38. The molecule has 1 aromatic carbocycles. The third-order valence-electron chi connectivity index (χ3n) is 3.44. The van der Waals surface area contributed by atoms with Gasteiger partial charge in [0.15, 0.2) is 0 Å². The van der Waals surface area contributed by atoms with Crippen LogP contribution in [0, 0.1) is 0 Å². The minimum atomic E-state index is -4.18. The van der Waals surface area contributed by atoms with Crippen LogP contribution >= 0.6 is 15.9 Å². The first-order valence-electron chi connectivity index (χ1n) is 7.23. The Labute approximate surface area is 131 Å². The maximum Gasteiger partial charge on any atom is 0.405 e. The van der Waals surface area contributed by atoms with E-state index in [-0.39, 0.29) is 6.04 Å². The van der Waals surface area contributed by atoms with Gasteiger partial charge in [-0.15, -0.1) is 0 Å². The Bertz CT molecular complexity index is 472. The number of nitrogens with one attached hydrogen (secondary N) is 1. The van der Waals surface area contributed by atoms with E-state index < -0.39 is 12.7 Å². The number of alkyl halides is 3. The standard InChI is InChI=1S/C15H20BrF3N2/c1-2-7-20-9-11-3-4-12(16)8-14(11)21(13-5-6-13)10-15(17,18)19/h3-4,8,13,20H,2,5-7,9-10H2,1H3. The lowest BCUT2D eigenvalue weighted by Gasteiger charge is -2.28. The number of hydrogen-bond donors (Lipinski definition) is 1. The van der Waals surface area contributed by atoms with E-state index in [0.29, 0.717) is 12.2 Å². The van der Waals surface area contributed by atoms with Crippen LogP contribution in [0.1, 0.15) is 31.7 Å². The SMILES string of the molecule is CCCNCc1ccc(Br)cc1N(CC(F)(F)F)C1CC1. The third-order valence-corrected chi connectivity index (χ3v) is 3.93. The van der Waals surface area contributed by atoms with E-state index in [2.05, 4.69) is 28.2 Å². The van der Waals surface area contributed by atoms with Gasteiger partial charge in [-0.05, 0) is 43.5 Å². The molecule has 1 aliphatic rings. The fourth-order valence-electron chi connectivity index (χ4n) is 2.34. The van der Waals surface area contributed by atoms with E-state index in [4.69, 9.17) is 0 Å². The highest BCUT2D eigenvalue weighted by atomic mass is 79.9.